The maximum atomic E-state index is 12.8. The first-order valence-electron chi connectivity index (χ1n) is 9.25. The Kier molecular flexibility index (Phi) is 6.23. The third kappa shape index (κ3) is 4.61. The molecule has 0 bridgehead atoms. The maximum Gasteiger partial charge on any atom is 0.307 e. The van der Waals surface area contributed by atoms with Gasteiger partial charge in [-0.25, -0.2) is 0 Å². The molecule has 0 unspecified atom stereocenters. The summed E-state index contributed by atoms with van der Waals surface area (Å²) in [6, 6.07) is 10.2. The number of hydrogen-bond acceptors (Lipinski definition) is 3. The van der Waals surface area contributed by atoms with Gasteiger partial charge in [-0.3, -0.25) is 14.5 Å². The first-order chi connectivity index (χ1) is 12.6. The SMILES string of the molecule is O=C(O)[C@@H]1CC=CC[C@H]1C(=O)N1CCN(C/C=C\c2ccccc2)CC1. The number of carbonyl (C=O) groups is 2. The number of nitrogens with zero attached hydrogens (tertiary/aromatic N) is 2. The van der Waals surface area contributed by atoms with Crippen LogP contribution in [0.1, 0.15) is 18.4 Å². The summed E-state index contributed by atoms with van der Waals surface area (Å²) in [5.74, 6) is -1.86. The zero-order chi connectivity index (χ0) is 18.4. The molecule has 1 aromatic rings. The summed E-state index contributed by atoms with van der Waals surface area (Å²) in [4.78, 5) is 28.4. The molecular formula is C21H26N2O3. The average Bonchev–Trinajstić information content (AvgIpc) is 2.69. The topological polar surface area (TPSA) is 60.9 Å². The van der Waals surface area contributed by atoms with Gasteiger partial charge in [-0.05, 0) is 18.4 Å². The first-order valence-corrected chi connectivity index (χ1v) is 9.25. The van der Waals surface area contributed by atoms with Gasteiger partial charge in [-0.1, -0.05) is 54.6 Å². The number of benzene rings is 1. The van der Waals surface area contributed by atoms with E-state index >= 15 is 0 Å². The Hall–Kier alpha value is -2.40. The van der Waals surface area contributed by atoms with Gasteiger partial charge in [-0.2, -0.15) is 0 Å². The molecule has 0 spiro atoms. The predicted molar refractivity (Wildman–Crippen MR) is 101 cm³/mol. The van der Waals surface area contributed by atoms with Crippen molar-refractivity contribution in [2.75, 3.05) is 32.7 Å². The fraction of sp³-hybridized carbons (Fsp3) is 0.429. The van der Waals surface area contributed by atoms with Crippen molar-refractivity contribution in [3.8, 4) is 0 Å². The van der Waals surface area contributed by atoms with Crippen LogP contribution in [0.4, 0.5) is 0 Å². The Balaban J connectivity index is 1.48. The van der Waals surface area contributed by atoms with Crippen LogP contribution in [0.5, 0.6) is 0 Å². The number of rotatable bonds is 5. The summed E-state index contributed by atoms with van der Waals surface area (Å²) in [7, 11) is 0. The van der Waals surface area contributed by atoms with Gasteiger partial charge in [0.1, 0.15) is 0 Å². The lowest BCUT2D eigenvalue weighted by atomic mass is 9.82. The summed E-state index contributed by atoms with van der Waals surface area (Å²) >= 11 is 0. The largest absolute Gasteiger partial charge is 0.481 e. The van der Waals surface area contributed by atoms with E-state index in [1.54, 1.807) is 0 Å². The van der Waals surface area contributed by atoms with Crippen LogP contribution in [0.25, 0.3) is 6.08 Å². The van der Waals surface area contributed by atoms with Crippen LogP contribution in [0.2, 0.25) is 0 Å². The zero-order valence-electron chi connectivity index (χ0n) is 15.0. The lowest BCUT2D eigenvalue weighted by Crippen LogP contribution is -2.51. The average molecular weight is 354 g/mol. The second kappa shape index (κ2) is 8.81. The number of aliphatic carboxylic acids is 1. The van der Waals surface area contributed by atoms with E-state index in [4.69, 9.17) is 0 Å². The molecule has 1 aliphatic carbocycles. The van der Waals surface area contributed by atoms with Crippen molar-refractivity contribution in [1.29, 1.82) is 0 Å². The summed E-state index contributed by atoms with van der Waals surface area (Å²) in [5, 5.41) is 9.37. The van der Waals surface area contributed by atoms with Crippen molar-refractivity contribution in [2.45, 2.75) is 12.8 Å². The van der Waals surface area contributed by atoms with E-state index < -0.39 is 17.8 Å². The number of piperazine rings is 1. The molecule has 138 valence electrons. The fourth-order valence-electron chi connectivity index (χ4n) is 3.65. The summed E-state index contributed by atoms with van der Waals surface area (Å²) in [6.07, 6.45) is 9.07. The Bertz CT molecular complexity index is 676. The van der Waals surface area contributed by atoms with E-state index in [0.717, 1.165) is 19.6 Å². The number of carboxylic acid groups (broad SMARTS) is 1. The molecule has 2 atom stereocenters. The second-order valence-electron chi connectivity index (χ2n) is 6.93. The van der Waals surface area contributed by atoms with Crippen molar-refractivity contribution in [1.82, 2.24) is 9.80 Å². The first kappa shape index (κ1) is 18.4. The molecule has 0 radical (unpaired) electrons. The van der Waals surface area contributed by atoms with Crippen molar-refractivity contribution >= 4 is 18.0 Å². The van der Waals surface area contributed by atoms with E-state index in [0.29, 0.717) is 25.9 Å². The Labute approximate surface area is 154 Å². The number of hydrogen-bond donors (Lipinski definition) is 1. The minimum Gasteiger partial charge on any atom is -0.481 e. The molecule has 1 fully saturated rings. The molecule has 1 heterocycles. The lowest BCUT2D eigenvalue weighted by molar-refractivity contribution is -0.151. The van der Waals surface area contributed by atoms with Crippen LogP contribution in [-0.4, -0.2) is 59.5 Å². The van der Waals surface area contributed by atoms with Crippen LogP contribution in [0, 0.1) is 11.8 Å². The number of carboxylic acids is 1. The van der Waals surface area contributed by atoms with Gasteiger partial charge < -0.3 is 10.0 Å². The Morgan fingerprint density at radius 3 is 2.31 bits per heavy atom. The molecular weight excluding hydrogens is 328 g/mol. The highest BCUT2D eigenvalue weighted by Crippen LogP contribution is 2.28. The van der Waals surface area contributed by atoms with Crippen molar-refractivity contribution in [2.24, 2.45) is 11.8 Å². The van der Waals surface area contributed by atoms with Crippen LogP contribution >= 0.6 is 0 Å². The maximum absolute atomic E-state index is 12.8. The summed E-state index contributed by atoms with van der Waals surface area (Å²) in [5.41, 5.74) is 1.19. The molecule has 5 nitrogen and oxygen atoms in total. The normalized spacial score (nSPS) is 24.1. The van der Waals surface area contributed by atoms with Crippen molar-refractivity contribution < 1.29 is 14.7 Å². The van der Waals surface area contributed by atoms with Crippen molar-refractivity contribution in [3.63, 3.8) is 0 Å². The van der Waals surface area contributed by atoms with Gasteiger partial charge in [-0.15, -0.1) is 0 Å². The van der Waals surface area contributed by atoms with E-state index in [1.807, 2.05) is 35.3 Å². The molecule has 1 aromatic carbocycles. The fourth-order valence-corrected chi connectivity index (χ4v) is 3.65. The number of amides is 1. The van der Waals surface area contributed by atoms with Crippen molar-refractivity contribution in [3.05, 3.63) is 54.1 Å². The highest BCUT2D eigenvalue weighted by atomic mass is 16.4. The van der Waals surface area contributed by atoms with E-state index in [-0.39, 0.29) is 5.91 Å². The molecule has 1 N–H and O–H groups in total. The molecule has 0 aromatic heterocycles. The summed E-state index contributed by atoms with van der Waals surface area (Å²) < 4.78 is 0. The van der Waals surface area contributed by atoms with Gasteiger partial charge in [0.15, 0.2) is 0 Å². The Morgan fingerprint density at radius 1 is 1.00 bits per heavy atom. The highest BCUT2D eigenvalue weighted by molar-refractivity contribution is 5.85. The van der Waals surface area contributed by atoms with Gasteiger partial charge in [0, 0.05) is 32.7 Å². The predicted octanol–water partition coefficient (Wildman–Crippen LogP) is 2.51. The third-order valence-electron chi connectivity index (χ3n) is 5.22. The number of allylic oxidation sites excluding steroid dienone is 2. The zero-order valence-corrected chi connectivity index (χ0v) is 15.0. The Morgan fingerprint density at radius 2 is 1.65 bits per heavy atom. The summed E-state index contributed by atoms with van der Waals surface area (Å²) in [6.45, 7) is 3.85. The van der Waals surface area contributed by atoms with Crippen LogP contribution in [-0.2, 0) is 9.59 Å². The molecule has 26 heavy (non-hydrogen) atoms. The standard InChI is InChI=1S/C21H26N2O3/c24-20(18-10-4-5-11-19(18)21(25)26)23-15-13-22(14-16-23)12-6-9-17-7-2-1-3-8-17/h1-9,18-19H,10-16H2,(H,25,26)/b9-6-/t18-,19-/m1/s1. The van der Waals surface area contributed by atoms with Gasteiger partial charge in [0.25, 0.3) is 0 Å². The monoisotopic (exact) mass is 354 g/mol. The van der Waals surface area contributed by atoms with E-state index in [2.05, 4.69) is 29.2 Å². The quantitative estimate of drug-likeness (QED) is 0.826. The minimum absolute atomic E-state index is 0.00114. The molecule has 3 rings (SSSR count). The second-order valence-corrected chi connectivity index (χ2v) is 6.93. The van der Waals surface area contributed by atoms with Gasteiger partial charge in [0.2, 0.25) is 5.91 Å². The highest BCUT2D eigenvalue weighted by Gasteiger charge is 2.37. The van der Waals surface area contributed by atoms with Crippen LogP contribution in [0.15, 0.2) is 48.6 Å². The lowest BCUT2D eigenvalue weighted by Gasteiger charge is -2.37. The van der Waals surface area contributed by atoms with Crippen LogP contribution < -0.4 is 0 Å². The molecule has 1 saturated heterocycles. The van der Waals surface area contributed by atoms with Gasteiger partial charge in [0.05, 0.1) is 11.8 Å². The molecule has 2 aliphatic rings. The van der Waals surface area contributed by atoms with E-state index in [1.165, 1.54) is 5.56 Å². The molecule has 1 aliphatic heterocycles. The smallest absolute Gasteiger partial charge is 0.307 e. The van der Waals surface area contributed by atoms with E-state index in [9.17, 15) is 14.7 Å². The number of carbonyl (C=O) groups excluding carboxylic acids is 1. The third-order valence-corrected chi connectivity index (χ3v) is 5.22. The van der Waals surface area contributed by atoms with Crippen LogP contribution in [0.3, 0.4) is 0 Å². The minimum atomic E-state index is -0.864. The molecule has 1 amide bonds. The van der Waals surface area contributed by atoms with Gasteiger partial charge >= 0.3 is 5.97 Å². The molecule has 5 heteroatoms. The molecule has 0 saturated carbocycles.